The number of aliphatic hydroxyl groups is 2. The average Bonchev–Trinajstić information content (AvgIpc) is 2.16. The van der Waals surface area contributed by atoms with E-state index in [4.69, 9.17) is 20.1 Å². The predicted molar refractivity (Wildman–Crippen MR) is 68.6 cm³/mol. The van der Waals surface area contributed by atoms with Crippen molar-refractivity contribution in [3.8, 4) is 0 Å². The first kappa shape index (κ1) is 24.6. The summed E-state index contributed by atoms with van der Waals surface area (Å²) in [5, 5.41) is 22.5. The number of carboxylic acid groups (broad SMARTS) is 1. The Hall–Kier alpha value is -0.610. The van der Waals surface area contributed by atoms with E-state index in [1.807, 2.05) is 0 Å². The molecule has 0 aromatic carbocycles. The van der Waals surface area contributed by atoms with Crippen LogP contribution in [-0.2, 0) is 4.79 Å². The van der Waals surface area contributed by atoms with Crippen LogP contribution in [0.25, 0.3) is 0 Å². The van der Waals surface area contributed by atoms with E-state index < -0.39 is 5.97 Å². The van der Waals surface area contributed by atoms with Gasteiger partial charge in [-0.3, -0.25) is 4.79 Å². The maximum atomic E-state index is 9.00. The lowest BCUT2D eigenvalue weighted by atomic mass is 10.2. The molecular weight excluding hydrogens is 208 g/mol. The van der Waals surface area contributed by atoms with Gasteiger partial charge in [0.15, 0.2) is 0 Å². The Bertz CT molecular complexity index is 92.4. The zero-order chi connectivity index (χ0) is 14.0. The Morgan fingerprint density at radius 2 is 1.19 bits per heavy atom. The molecule has 0 saturated heterocycles. The number of carbonyl (C=O) groups is 1. The zero-order valence-electron chi connectivity index (χ0n) is 11.7. The van der Waals surface area contributed by atoms with Crippen molar-refractivity contribution >= 4 is 5.97 Å². The number of hydrogen-bond acceptors (Lipinski definition) is 3. The second-order valence-electron chi connectivity index (χ2n) is 3.32. The molecule has 4 nitrogen and oxygen atoms in total. The van der Waals surface area contributed by atoms with Crippen LogP contribution in [0.5, 0.6) is 0 Å². The second-order valence-corrected chi connectivity index (χ2v) is 3.32. The summed E-state index contributed by atoms with van der Waals surface area (Å²) in [6.07, 6.45) is 5.37. The van der Waals surface area contributed by atoms with Crippen molar-refractivity contribution in [2.24, 2.45) is 0 Å². The van der Waals surface area contributed by atoms with Crippen molar-refractivity contribution in [1.82, 2.24) is 0 Å². The molecule has 3 N–H and O–H groups in total. The Balaban J connectivity index is -0.0000000643. The fourth-order valence-corrected chi connectivity index (χ4v) is 0.500. The Labute approximate surface area is 100 Å². The van der Waals surface area contributed by atoms with Crippen LogP contribution in [0.15, 0.2) is 0 Å². The molecule has 0 unspecified atom stereocenters. The topological polar surface area (TPSA) is 77.8 Å². The third-order valence-corrected chi connectivity index (χ3v) is 0.957. The minimum Gasteiger partial charge on any atom is -0.481 e. The summed E-state index contributed by atoms with van der Waals surface area (Å²) in [6, 6.07) is 0. The van der Waals surface area contributed by atoms with Gasteiger partial charge in [-0.1, -0.05) is 39.5 Å². The van der Waals surface area contributed by atoms with Crippen LogP contribution in [0, 0.1) is 0 Å². The molecule has 0 rings (SSSR count). The number of hydrogen-bond donors (Lipinski definition) is 3. The third-order valence-electron chi connectivity index (χ3n) is 0.957. The lowest BCUT2D eigenvalue weighted by Gasteiger charge is -1.86. The summed E-state index contributed by atoms with van der Waals surface area (Å²) in [6.45, 7) is 8.99. The lowest BCUT2D eigenvalue weighted by molar-refractivity contribution is -0.134. The smallest absolute Gasteiger partial charge is 0.300 e. The first-order valence-corrected chi connectivity index (χ1v) is 5.70. The molecule has 0 amide bonds. The van der Waals surface area contributed by atoms with Gasteiger partial charge in [0.2, 0.25) is 0 Å². The maximum absolute atomic E-state index is 9.00. The zero-order valence-corrected chi connectivity index (χ0v) is 11.7. The monoisotopic (exact) mass is 238 g/mol. The molecule has 0 bridgehead atoms. The molecule has 0 spiro atoms. The van der Waals surface area contributed by atoms with Crippen LogP contribution in [0.3, 0.4) is 0 Å². The summed E-state index contributed by atoms with van der Waals surface area (Å²) in [4.78, 5) is 9.00. The molecule has 4 heteroatoms. The first-order valence-electron chi connectivity index (χ1n) is 5.70. The molecule has 0 aliphatic heterocycles. The van der Waals surface area contributed by atoms with Crippen LogP contribution < -0.4 is 0 Å². The summed E-state index contributed by atoms with van der Waals surface area (Å²) >= 11 is 0. The van der Waals surface area contributed by atoms with E-state index in [0.717, 1.165) is 14.0 Å². The van der Waals surface area contributed by atoms with Crippen LogP contribution in [-0.4, -0.2) is 34.5 Å². The van der Waals surface area contributed by atoms with Gasteiger partial charge in [-0.25, -0.2) is 0 Å². The standard InChI is InChI=1S/C6H14.C3H8O.C2H4O2.CH4O/c1-3-5-6-4-2;1-3(2)4;1-2(3)4;1-2/h3-6H2,1-2H3;3-4H,1-2H3;1H3,(H,3,4);2H,1H3. The summed E-state index contributed by atoms with van der Waals surface area (Å²) in [5.74, 6) is -0.833. The van der Waals surface area contributed by atoms with Gasteiger partial charge in [-0.2, -0.15) is 0 Å². The Morgan fingerprint density at radius 1 is 1.06 bits per heavy atom. The van der Waals surface area contributed by atoms with Crippen molar-refractivity contribution < 1.29 is 20.1 Å². The fourth-order valence-electron chi connectivity index (χ4n) is 0.500. The minimum absolute atomic E-state index is 0.167. The highest BCUT2D eigenvalue weighted by Crippen LogP contribution is 1.95. The molecule has 0 fully saturated rings. The minimum atomic E-state index is -0.833. The molecular formula is C12H30O4. The molecule has 0 radical (unpaired) electrons. The number of unbranched alkanes of at least 4 members (excludes halogenated alkanes) is 3. The van der Waals surface area contributed by atoms with Crippen molar-refractivity contribution in [3.05, 3.63) is 0 Å². The number of carboxylic acids is 1. The van der Waals surface area contributed by atoms with Crippen LogP contribution in [0.1, 0.15) is 60.3 Å². The van der Waals surface area contributed by atoms with Crippen LogP contribution >= 0.6 is 0 Å². The maximum Gasteiger partial charge on any atom is 0.300 e. The Morgan fingerprint density at radius 3 is 1.25 bits per heavy atom. The molecule has 0 saturated carbocycles. The SMILES string of the molecule is CC(=O)O.CC(C)O.CCCCCC.CO. The quantitative estimate of drug-likeness (QED) is 0.661. The summed E-state index contributed by atoms with van der Waals surface area (Å²) in [5.41, 5.74) is 0. The van der Waals surface area contributed by atoms with E-state index in [1.165, 1.54) is 25.7 Å². The van der Waals surface area contributed by atoms with Crippen molar-refractivity contribution in [1.29, 1.82) is 0 Å². The molecule has 0 aromatic rings. The summed E-state index contributed by atoms with van der Waals surface area (Å²) in [7, 11) is 1.00. The molecule has 0 atom stereocenters. The molecule has 0 aliphatic rings. The van der Waals surface area contributed by atoms with Gasteiger partial charge < -0.3 is 15.3 Å². The molecule has 0 heterocycles. The van der Waals surface area contributed by atoms with Crippen molar-refractivity contribution in [3.63, 3.8) is 0 Å². The van der Waals surface area contributed by atoms with E-state index in [9.17, 15) is 0 Å². The van der Waals surface area contributed by atoms with E-state index in [1.54, 1.807) is 13.8 Å². The second kappa shape index (κ2) is 29.3. The first-order chi connectivity index (χ1) is 7.38. The number of aliphatic carboxylic acids is 1. The van der Waals surface area contributed by atoms with E-state index in [2.05, 4.69) is 13.8 Å². The van der Waals surface area contributed by atoms with E-state index in [0.29, 0.717) is 0 Å². The van der Waals surface area contributed by atoms with Crippen LogP contribution in [0.2, 0.25) is 0 Å². The van der Waals surface area contributed by atoms with Crippen molar-refractivity contribution in [2.45, 2.75) is 66.4 Å². The van der Waals surface area contributed by atoms with E-state index >= 15 is 0 Å². The van der Waals surface area contributed by atoms with Gasteiger partial charge in [0, 0.05) is 20.1 Å². The normalized spacial score (nSPS) is 7.56. The summed E-state index contributed by atoms with van der Waals surface area (Å²) < 4.78 is 0. The lowest BCUT2D eigenvalue weighted by Crippen LogP contribution is -1.85. The average molecular weight is 238 g/mol. The highest BCUT2D eigenvalue weighted by atomic mass is 16.4. The number of aliphatic hydroxyl groups excluding tert-OH is 2. The largest absolute Gasteiger partial charge is 0.481 e. The van der Waals surface area contributed by atoms with Gasteiger partial charge in [-0.05, 0) is 13.8 Å². The molecule has 16 heavy (non-hydrogen) atoms. The highest BCUT2D eigenvalue weighted by Gasteiger charge is 1.75. The fraction of sp³-hybridized carbons (Fsp3) is 0.917. The van der Waals surface area contributed by atoms with Gasteiger partial charge in [-0.15, -0.1) is 0 Å². The van der Waals surface area contributed by atoms with Crippen LogP contribution in [0.4, 0.5) is 0 Å². The van der Waals surface area contributed by atoms with Gasteiger partial charge in [0.05, 0.1) is 0 Å². The van der Waals surface area contributed by atoms with Gasteiger partial charge >= 0.3 is 0 Å². The predicted octanol–water partition coefficient (Wildman–Crippen LogP) is 2.67. The van der Waals surface area contributed by atoms with E-state index in [-0.39, 0.29) is 6.10 Å². The number of rotatable bonds is 3. The highest BCUT2D eigenvalue weighted by molar-refractivity contribution is 5.62. The van der Waals surface area contributed by atoms with Gasteiger partial charge in [0.1, 0.15) is 0 Å². The Kier molecular flexibility index (Phi) is 44.9. The van der Waals surface area contributed by atoms with Gasteiger partial charge in [0.25, 0.3) is 5.97 Å². The third kappa shape index (κ3) is 360. The molecule has 102 valence electrons. The van der Waals surface area contributed by atoms with Crippen molar-refractivity contribution in [2.75, 3.05) is 7.11 Å². The molecule has 0 aliphatic carbocycles. The molecule has 0 aromatic heterocycles.